The molecule has 6 heteroatoms. The topological polar surface area (TPSA) is 84.9 Å². The van der Waals surface area contributed by atoms with Crippen LogP contribution in [0.1, 0.15) is 36.0 Å². The van der Waals surface area contributed by atoms with Gasteiger partial charge in [-0.15, -0.1) is 0 Å². The van der Waals surface area contributed by atoms with Gasteiger partial charge in [0.1, 0.15) is 18.4 Å². The van der Waals surface area contributed by atoms with Crippen molar-refractivity contribution in [1.82, 2.24) is 5.32 Å². The number of carboxylic acid groups (broad SMARTS) is 1. The first-order chi connectivity index (χ1) is 16.1. The first kappa shape index (κ1) is 22.4. The number of carboxylic acids is 1. The van der Waals surface area contributed by atoms with Crippen LogP contribution < -0.4 is 10.1 Å². The average molecular weight is 446 g/mol. The van der Waals surface area contributed by atoms with Crippen LogP contribution >= 0.6 is 0 Å². The molecular formula is C27H27NO5. The molecule has 1 aliphatic carbocycles. The number of fused-ring (bicyclic) bond motifs is 3. The van der Waals surface area contributed by atoms with E-state index in [0.717, 1.165) is 34.2 Å². The molecule has 2 N–H and O–H groups in total. The standard InChI is InChI=1S/C27H27NO5/c1-2-14-32-19-9-7-8-18(15-19)16-25(26(29)30)28-27(31)33-17-24-22-12-5-3-10-20(22)21-11-4-6-13-23(21)24/h3-13,15,24-25H,2,14,16-17H2,1H3,(H,28,31)(H,29,30). The van der Waals surface area contributed by atoms with E-state index >= 15 is 0 Å². The minimum absolute atomic E-state index is 0.0844. The highest BCUT2D eigenvalue weighted by Gasteiger charge is 2.29. The molecule has 3 aromatic rings. The fourth-order valence-corrected chi connectivity index (χ4v) is 4.20. The SMILES string of the molecule is CCCOc1cccc(CC(NC(=O)OCC2c3ccccc3-c3ccccc32)C(=O)O)c1. The van der Waals surface area contributed by atoms with Crippen molar-refractivity contribution < 1.29 is 24.2 Å². The smallest absolute Gasteiger partial charge is 0.407 e. The number of nitrogens with one attached hydrogen (secondary N) is 1. The average Bonchev–Trinajstić information content (AvgIpc) is 3.15. The zero-order valence-electron chi connectivity index (χ0n) is 18.5. The molecule has 0 saturated heterocycles. The first-order valence-corrected chi connectivity index (χ1v) is 11.1. The molecule has 33 heavy (non-hydrogen) atoms. The second-order valence-corrected chi connectivity index (χ2v) is 8.06. The van der Waals surface area contributed by atoms with Gasteiger partial charge in [-0.2, -0.15) is 0 Å². The van der Waals surface area contributed by atoms with Gasteiger partial charge in [-0.3, -0.25) is 0 Å². The maximum absolute atomic E-state index is 12.5. The number of amides is 1. The van der Waals surface area contributed by atoms with E-state index in [2.05, 4.69) is 17.4 Å². The lowest BCUT2D eigenvalue weighted by Crippen LogP contribution is -2.42. The summed E-state index contributed by atoms with van der Waals surface area (Å²) in [7, 11) is 0. The lowest BCUT2D eigenvalue weighted by molar-refractivity contribution is -0.139. The van der Waals surface area contributed by atoms with E-state index in [4.69, 9.17) is 9.47 Å². The molecule has 6 nitrogen and oxygen atoms in total. The van der Waals surface area contributed by atoms with Gasteiger partial charge in [0.25, 0.3) is 0 Å². The molecule has 0 heterocycles. The lowest BCUT2D eigenvalue weighted by Gasteiger charge is -2.18. The molecule has 0 bridgehead atoms. The molecule has 4 rings (SSSR count). The summed E-state index contributed by atoms with van der Waals surface area (Å²) in [4.78, 5) is 24.3. The van der Waals surface area contributed by atoms with E-state index in [0.29, 0.717) is 12.4 Å². The van der Waals surface area contributed by atoms with Crippen molar-refractivity contribution in [3.05, 3.63) is 89.5 Å². The summed E-state index contributed by atoms with van der Waals surface area (Å²) in [6.45, 7) is 2.74. The third kappa shape index (κ3) is 5.17. The Labute approximate surface area is 193 Å². The molecule has 0 aliphatic heterocycles. The molecule has 0 aromatic heterocycles. The summed E-state index contributed by atoms with van der Waals surface area (Å²) >= 11 is 0. The number of carbonyl (C=O) groups excluding carboxylic acids is 1. The van der Waals surface area contributed by atoms with E-state index in [9.17, 15) is 14.7 Å². The fraction of sp³-hybridized carbons (Fsp3) is 0.259. The van der Waals surface area contributed by atoms with Crippen LogP contribution in [0.3, 0.4) is 0 Å². The quantitative estimate of drug-likeness (QED) is 0.484. The second kappa shape index (κ2) is 10.2. The Morgan fingerprint density at radius 2 is 1.64 bits per heavy atom. The van der Waals surface area contributed by atoms with Crippen molar-refractivity contribution in [2.45, 2.75) is 31.7 Å². The number of ether oxygens (including phenoxy) is 2. The Kier molecular flexibility index (Phi) is 6.93. The largest absolute Gasteiger partial charge is 0.494 e. The first-order valence-electron chi connectivity index (χ1n) is 11.1. The molecular weight excluding hydrogens is 418 g/mol. The summed E-state index contributed by atoms with van der Waals surface area (Å²) in [6, 6.07) is 22.3. The van der Waals surface area contributed by atoms with Crippen molar-refractivity contribution >= 4 is 12.1 Å². The van der Waals surface area contributed by atoms with Crippen LogP contribution in [0.25, 0.3) is 11.1 Å². The van der Waals surface area contributed by atoms with Crippen LogP contribution in [0.15, 0.2) is 72.8 Å². The number of rotatable bonds is 9. The molecule has 0 spiro atoms. The molecule has 3 aromatic carbocycles. The zero-order chi connectivity index (χ0) is 23.2. The molecule has 0 fully saturated rings. The van der Waals surface area contributed by atoms with E-state index in [1.54, 1.807) is 6.07 Å². The Morgan fingerprint density at radius 3 is 2.27 bits per heavy atom. The summed E-state index contributed by atoms with van der Waals surface area (Å²) in [5, 5.41) is 12.1. The van der Waals surface area contributed by atoms with Gasteiger partial charge < -0.3 is 19.9 Å². The van der Waals surface area contributed by atoms with Crippen LogP contribution in [0.2, 0.25) is 0 Å². The van der Waals surface area contributed by atoms with Crippen molar-refractivity contribution in [3.8, 4) is 16.9 Å². The highest BCUT2D eigenvalue weighted by Crippen LogP contribution is 2.44. The van der Waals surface area contributed by atoms with E-state index in [1.807, 2.05) is 61.5 Å². The predicted octanol–water partition coefficient (Wildman–Crippen LogP) is 5.01. The molecule has 0 radical (unpaired) electrons. The summed E-state index contributed by atoms with van der Waals surface area (Å²) in [5.41, 5.74) is 5.23. The molecule has 1 atom stereocenters. The van der Waals surface area contributed by atoms with Gasteiger partial charge in [0, 0.05) is 12.3 Å². The monoisotopic (exact) mass is 445 g/mol. The zero-order valence-corrected chi connectivity index (χ0v) is 18.5. The minimum Gasteiger partial charge on any atom is -0.494 e. The normalized spacial score (nSPS) is 13.0. The van der Waals surface area contributed by atoms with E-state index < -0.39 is 18.1 Å². The minimum atomic E-state index is -1.12. The van der Waals surface area contributed by atoms with Gasteiger partial charge in [-0.1, -0.05) is 67.6 Å². The van der Waals surface area contributed by atoms with Gasteiger partial charge >= 0.3 is 12.1 Å². The maximum atomic E-state index is 12.5. The Balaban J connectivity index is 1.40. The third-order valence-corrected chi connectivity index (χ3v) is 5.74. The van der Waals surface area contributed by atoms with Gasteiger partial charge in [0.05, 0.1) is 6.61 Å². The molecule has 170 valence electrons. The second-order valence-electron chi connectivity index (χ2n) is 8.06. The van der Waals surface area contributed by atoms with Crippen molar-refractivity contribution in [2.75, 3.05) is 13.2 Å². The fourth-order valence-electron chi connectivity index (χ4n) is 4.20. The van der Waals surface area contributed by atoms with Gasteiger partial charge in [-0.25, -0.2) is 9.59 Å². The van der Waals surface area contributed by atoms with Crippen LogP contribution in [0, 0.1) is 0 Å². The number of alkyl carbamates (subject to hydrolysis) is 1. The number of aliphatic carboxylic acids is 1. The van der Waals surface area contributed by atoms with Crippen LogP contribution in [0.5, 0.6) is 5.75 Å². The lowest BCUT2D eigenvalue weighted by atomic mass is 9.98. The third-order valence-electron chi connectivity index (χ3n) is 5.74. The predicted molar refractivity (Wildman–Crippen MR) is 126 cm³/mol. The molecule has 1 amide bonds. The summed E-state index contributed by atoms with van der Waals surface area (Å²) in [5.74, 6) is -0.526. The summed E-state index contributed by atoms with van der Waals surface area (Å²) in [6.07, 6.45) is 0.261. The van der Waals surface area contributed by atoms with Crippen molar-refractivity contribution in [2.24, 2.45) is 0 Å². The number of benzene rings is 3. The highest BCUT2D eigenvalue weighted by atomic mass is 16.5. The Morgan fingerprint density at radius 1 is 0.970 bits per heavy atom. The summed E-state index contributed by atoms with van der Waals surface area (Å²) < 4.78 is 11.1. The highest BCUT2D eigenvalue weighted by molar-refractivity contribution is 5.81. The van der Waals surface area contributed by atoms with E-state index in [1.165, 1.54) is 0 Å². The van der Waals surface area contributed by atoms with Crippen molar-refractivity contribution in [1.29, 1.82) is 0 Å². The van der Waals surface area contributed by atoms with Crippen LogP contribution in [-0.2, 0) is 16.0 Å². The molecule has 0 saturated carbocycles. The van der Waals surface area contributed by atoms with Gasteiger partial charge in [0.15, 0.2) is 0 Å². The number of carbonyl (C=O) groups is 2. The maximum Gasteiger partial charge on any atom is 0.407 e. The molecule has 1 aliphatic rings. The number of hydrogen-bond donors (Lipinski definition) is 2. The van der Waals surface area contributed by atoms with Gasteiger partial charge in [0.2, 0.25) is 0 Å². The molecule has 1 unspecified atom stereocenters. The Hall–Kier alpha value is -3.80. The number of hydrogen-bond acceptors (Lipinski definition) is 4. The van der Waals surface area contributed by atoms with Gasteiger partial charge in [-0.05, 0) is 46.4 Å². The van der Waals surface area contributed by atoms with Crippen molar-refractivity contribution in [3.63, 3.8) is 0 Å². The van der Waals surface area contributed by atoms with Crippen LogP contribution in [-0.4, -0.2) is 36.4 Å². The van der Waals surface area contributed by atoms with Crippen LogP contribution in [0.4, 0.5) is 4.79 Å². The van der Waals surface area contributed by atoms with E-state index in [-0.39, 0.29) is 18.9 Å². The Bertz CT molecular complexity index is 1100.